The molecule has 0 aliphatic heterocycles. The van der Waals surface area contributed by atoms with Crippen LogP contribution in [0.15, 0.2) is 193 Å². The van der Waals surface area contributed by atoms with E-state index in [1.807, 2.05) is 0 Å². The Bertz CT molecular complexity index is 3120. The van der Waals surface area contributed by atoms with Crippen LogP contribution in [0.25, 0.3) is 72.2 Å². The van der Waals surface area contributed by atoms with E-state index in [2.05, 4.69) is 213 Å². The molecule has 1 unspecified atom stereocenters. The first-order valence-electron chi connectivity index (χ1n) is 19.8. The summed E-state index contributed by atoms with van der Waals surface area (Å²) in [5.41, 5.74) is 17.2. The summed E-state index contributed by atoms with van der Waals surface area (Å²) in [6.07, 6.45) is 2.02. The number of fused-ring (bicyclic) bond motifs is 7. The van der Waals surface area contributed by atoms with Gasteiger partial charge >= 0.3 is 0 Å². The summed E-state index contributed by atoms with van der Waals surface area (Å²) in [6, 6.07) is 68.6. The number of nitrogens with zero attached hydrogens (tertiary/aromatic N) is 3. The minimum absolute atomic E-state index is 0.423. The van der Waals surface area contributed by atoms with Gasteiger partial charge in [-0.25, -0.2) is 4.98 Å². The van der Waals surface area contributed by atoms with Gasteiger partial charge in [0.2, 0.25) is 0 Å². The fourth-order valence-corrected chi connectivity index (χ4v) is 9.57. The highest BCUT2D eigenvalue weighted by Crippen LogP contribution is 2.41. The van der Waals surface area contributed by atoms with Crippen molar-refractivity contribution in [3.8, 4) is 39.3 Å². The Morgan fingerprint density at radius 3 is 2.00 bits per heavy atom. The van der Waals surface area contributed by atoms with Crippen LogP contribution in [-0.2, 0) is 19.4 Å². The first-order valence-corrected chi connectivity index (χ1v) is 20.5. The molecule has 1 atom stereocenters. The highest BCUT2D eigenvalue weighted by atomic mass is 79.9. The largest absolute Gasteiger partial charge is 0.319 e. The molecule has 0 radical (unpaired) electrons. The van der Waals surface area contributed by atoms with Crippen LogP contribution in [0.4, 0.5) is 0 Å². The summed E-state index contributed by atoms with van der Waals surface area (Å²) >= 11 is 3.85. The summed E-state index contributed by atoms with van der Waals surface area (Å²) < 4.78 is 5.86. The van der Waals surface area contributed by atoms with Gasteiger partial charge in [0.25, 0.3) is 0 Å². The normalized spacial score (nSPS) is 13.8. The number of benzene rings is 8. The third-order valence-corrected chi connectivity index (χ3v) is 12.7. The molecule has 4 heteroatoms. The Morgan fingerprint density at radius 1 is 0.509 bits per heavy atom. The average molecular weight is 797 g/mol. The Labute approximate surface area is 340 Å². The van der Waals surface area contributed by atoms with Crippen molar-refractivity contribution < 1.29 is 0 Å². The number of hydrogen-bond donors (Lipinski definition) is 0. The van der Waals surface area contributed by atoms with Gasteiger partial charge in [-0.2, -0.15) is 0 Å². The van der Waals surface area contributed by atoms with Crippen LogP contribution in [0, 0.1) is 0 Å². The number of halogens is 1. The van der Waals surface area contributed by atoms with E-state index in [1.54, 1.807) is 0 Å². The van der Waals surface area contributed by atoms with Gasteiger partial charge < -0.3 is 9.13 Å². The number of aromatic nitrogens is 3. The summed E-state index contributed by atoms with van der Waals surface area (Å²) in [6.45, 7) is 0.696. The summed E-state index contributed by atoms with van der Waals surface area (Å²) in [4.78, 5) is 5.49. The molecule has 3 nitrogen and oxygen atoms in total. The molecule has 0 bridgehead atoms. The van der Waals surface area contributed by atoms with Gasteiger partial charge in [-0.05, 0) is 118 Å². The minimum Gasteiger partial charge on any atom is -0.319 e. The fraction of sp³-hybridized carbons (Fsp3) is 0.0755. The van der Waals surface area contributed by atoms with E-state index in [4.69, 9.17) is 4.98 Å². The van der Waals surface area contributed by atoms with Crippen molar-refractivity contribution in [1.29, 1.82) is 0 Å². The van der Waals surface area contributed by atoms with Gasteiger partial charge in [-0.15, -0.1) is 0 Å². The van der Waals surface area contributed by atoms with E-state index in [0.29, 0.717) is 12.5 Å². The third kappa shape index (κ3) is 5.91. The third-order valence-electron chi connectivity index (χ3n) is 11.9. The van der Waals surface area contributed by atoms with E-state index in [1.165, 1.54) is 66.4 Å². The number of hydrogen-bond acceptors (Lipinski definition) is 1. The second-order valence-electron chi connectivity index (χ2n) is 15.3. The van der Waals surface area contributed by atoms with Gasteiger partial charge in [0.1, 0.15) is 5.82 Å². The van der Waals surface area contributed by atoms with E-state index < -0.39 is 0 Å². The van der Waals surface area contributed by atoms with Crippen LogP contribution in [0.1, 0.15) is 28.2 Å². The standard InChI is InChI=1S/C53H38BrN3/c54-48-21-11-8-16-41(48)34-56-52-28-26-37(36-25-27-51-47(31-36)45-20-10-12-22-50(45)57(51)43-17-5-2-6-18-43)33-49(52)55-53(56)40-24-23-39-30-42(35-13-3-1-4-14-35)29-38-15-7-9-19-44(38)46(39)32-40/h1-28,31-33,42H,29-30,34H2. The molecule has 1 aliphatic carbocycles. The zero-order valence-corrected chi connectivity index (χ0v) is 32.9. The van der Waals surface area contributed by atoms with E-state index in [9.17, 15) is 0 Å². The first kappa shape index (κ1) is 33.8. The molecule has 8 aromatic carbocycles. The van der Waals surface area contributed by atoms with Crippen LogP contribution in [0.3, 0.4) is 0 Å². The zero-order valence-electron chi connectivity index (χ0n) is 31.3. The maximum absolute atomic E-state index is 5.49. The van der Waals surface area contributed by atoms with Gasteiger partial charge in [0.05, 0.1) is 28.6 Å². The summed E-state index contributed by atoms with van der Waals surface area (Å²) in [5, 5.41) is 2.49. The number of rotatable bonds is 6. The van der Waals surface area contributed by atoms with Crippen LogP contribution < -0.4 is 0 Å². The molecule has 2 aromatic heterocycles. The van der Waals surface area contributed by atoms with Crippen molar-refractivity contribution in [3.05, 3.63) is 215 Å². The monoisotopic (exact) mass is 795 g/mol. The molecule has 57 heavy (non-hydrogen) atoms. The number of para-hydroxylation sites is 2. The maximum Gasteiger partial charge on any atom is 0.141 e. The Morgan fingerprint density at radius 2 is 1.16 bits per heavy atom. The molecule has 10 aromatic rings. The molecule has 11 rings (SSSR count). The minimum atomic E-state index is 0.423. The lowest BCUT2D eigenvalue weighted by Crippen LogP contribution is -2.05. The second-order valence-corrected chi connectivity index (χ2v) is 16.1. The zero-order chi connectivity index (χ0) is 37.9. The van der Waals surface area contributed by atoms with Crippen molar-refractivity contribution >= 4 is 48.8 Å². The Hall–Kier alpha value is -6.49. The Balaban J connectivity index is 1.05. The van der Waals surface area contributed by atoms with E-state index in [0.717, 1.165) is 45.3 Å². The highest BCUT2D eigenvalue weighted by molar-refractivity contribution is 9.10. The highest BCUT2D eigenvalue weighted by Gasteiger charge is 2.24. The predicted molar refractivity (Wildman–Crippen MR) is 240 cm³/mol. The molecule has 0 spiro atoms. The summed E-state index contributed by atoms with van der Waals surface area (Å²) in [7, 11) is 0. The predicted octanol–water partition coefficient (Wildman–Crippen LogP) is 13.8. The second kappa shape index (κ2) is 13.9. The van der Waals surface area contributed by atoms with Crippen molar-refractivity contribution in [1.82, 2.24) is 14.1 Å². The van der Waals surface area contributed by atoms with Crippen molar-refractivity contribution in [2.24, 2.45) is 0 Å². The number of imidazole rings is 1. The van der Waals surface area contributed by atoms with Gasteiger partial charge in [-0.3, -0.25) is 0 Å². The molecule has 0 amide bonds. The topological polar surface area (TPSA) is 22.8 Å². The van der Waals surface area contributed by atoms with Crippen LogP contribution >= 0.6 is 15.9 Å². The molecular formula is C53H38BrN3. The smallest absolute Gasteiger partial charge is 0.141 e. The molecule has 1 aliphatic rings. The maximum atomic E-state index is 5.49. The van der Waals surface area contributed by atoms with Crippen molar-refractivity contribution in [2.75, 3.05) is 0 Å². The van der Waals surface area contributed by atoms with Crippen LogP contribution in [0.5, 0.6) is 0 Å². The lowest BCUT2D eigenvalue weighted by atomic mass is 9.88. The van der Waals surface area contributed by atoms with E-state index in [-0.39, 0.29) is 0 Å². The van der Waals surface area contributed by atoms with Gasteiger partial charge in [0.15, 0.2) is 0 Å². The first-order chi connectivity index (χ1) is 28.2. The summed E-state index contributed by atoms with van der Waals surface area (Å²) in [5.74, 6) is 1.40. The van der Waals surface area contributed by atoms with Crippen LogP contribution in [-0.4, -0.2) is 14.1 Å². The lowest BCUT2D eigenvalue weighted by Gasteiger charge is -2.16. The molecule has 0 saturated heterocycles. The molecule has 0 fully saturated rings. The molecule has 2 heterocycles. The fourth-order valence-electron chi connectivity index (χ4n) is 9.16. The SMILES string of the molecule is Brc1ccccc1Cn1c(-c2ccc3c(c2)-c2ccccc2CC(c2ccccc2)C3)nc2cc(-c3ccc4c(c3)c3ccccc3n4-c3ccccc3)ccc21. The molecule has 0 saturated carbocycles. The van der Waals surface area contributed by atoms with Crippen LogP contribution in [0.2, 0.25) is 0 Å². The van der Waals surface area contributed by atoms with Gasteiger partial charge in [0, 0.05) is 26.5 Å². The molecule has 0 N–H and O–H groups in total. The van der Waals surface area contributed by atoms with Gasteiger partial charge in [-0.1, -0.05) is 149 Å². The average Bonchev–Trinajstić information content (AvgIpc) is 3.73. The quantitative estimate of drug-likeness (QED) is 0.164. The lowest BCUT2D eigenvalue weighted by molar-refractivity contribution is 0.689. The van der Waals surface area contributed by atoms with Crippen molar-refractivity contribution in [3.63, 3.8) is 0 Å². The molecule has 272 valence electrons. The molecular weight excluding hydrogens is 759 g/mol. The Kier molecular flexibility index (Phi) is 8.25. The van der Waals surface area contributed by atoms with Crippen molar-refractivity contribution in [2.45, 2.75) is 25.3 Å². The van der Waals surface area contributed by atoms with E-state index >= 15 is 0 Å².